The molecule has 0 aromatic heterocycles. The molecule has 0 radical (unpaired) electrons. The Bertz CT molecular complexity index is 632. The number of morpholine rings is 1. The molecular formula is C18H19NO3. The fourth-order valence-electron chi connectivity index (χ4n) is 2.53. The molecule has 4 heteroatoms. The van der Waals surface area contributed by atoms with Crippen LogP contribution in [0.25, 0.3) is 0 Å². The molecule has 1 aliphatic heterocycles. The van der Waals surface area contributed by atoms with Crippen molar-refractivity contribution in [3.8, 4) is 5.75 Å². The first kappa shape index (κ1) is 14.6. The van der Waals surface area contributed by atoms with Gasteiger partial charge < -0.3 is 14.8 Å². The van der Waals surface area contributed by atoms with Gasteiger partial charge in [0, 0.05) is 6.54 Å². The predicted octanol–water partition coefficient (Wildman–Crippen LogP) is 2.63. The summed E-state index contributed by atoms with van der Waals surface area (Å²) >= 11 is 0. The summed E-state index contributed by atoms with van der Waals surface area (Å²) in [7, 11) is 0. The number of carbonyl (C=O) groups excluding carboxylic acids is 1. The van der Waals surface area contributed by atoms with Crippen LogP contribution in [0.3, 0.4) is 0 Å². The van der Waals surface area contributed by atoms with Crippen LogP contribution in [0.5, 0.6) is 5.75 Å². The van der Waals surface area contributed by atoms with Crippen molar-refractivity contribution in [1.29, 1.82) is 0 Å². The van der Waals surface area contributed by atoms with Gasteiger partial charge in [0.25, 0.3) is 0 Å². The van der Waals surface area contributed by atoms with E-state index in [4.69, 9.17) is 9.47 Å². The van der Waals surface area contributed by atoms with E-state index in [9.17, 15) is 4.79 Å². The first-order chi connectivity index (χ1) is 10.7. The Morgan fingerprint density at radius 1 is 1.14 bits per heavy atom. The highest BCUT2D eigenvalue weighted by atomic mass is 16.5. The van der Waals surface area contributed by atoms with Crippen molar-refractivity contribution in [2.75, 3.05) is 13.2 Å². The molecule has 0 bridgehead atoms. The van der Waals surface area contributed by atoms with Crippen molar-refractivity contribution in [1.82, 2.24) is 5.32 Å². The zero-order valence-electron chi connectivity index (χ0n) is 12.5. The van der Waals surface area contributed by atoms with Gasteiger partial charge in [-0.05, 0) is 24.1 Å². The Morgan fingerprint density at radius 3 is 2.55 bits per heavy atom. The second kappa shape index (κ2) is 6.62. The van der Waals surface area contributed by atoms with Crippen LogP contribution in [0, 0.1) is 6.92 Å². The van der Waals surface area contributed by atoms with Gasteiger partial charge in [0.1, 0.15) is 18.5 Å². The molecule has 1 N–H and O–H groups in total. The highest BCUT2D eigenvalue weighted by Gasteiger charge is 2.30. The van der Waals surface area contributed by atoms with E-state index < -0.39 is 0 Å². The van der Waals surface area contributed by atoms with E-state index in [0.717, 1.165) is 16.9 Å². The van der Waals surface area contributed by atoms with Crippen LogP contribution in [0.15, 0.2) is 54.6 Å². The number of para-hydroxylation sites is 1. The van der Waals surface area contributed by atoms with E-state index in [-0.39, 0.29) is 24.7 Å². The fraction of sp³-hybridized carbons (Fsp3) is 0.278. The van der Waals surface area contributed by atoms with Gasteiger partial charge >= 0.3 is 0 Å². The zero-order chi connectivity index (χ0) is 15.4. The van der Waals surface area contributed by atoms with E-state index in [1.165, 1.54) is 0 Å². The minimum Gasteiger partial charge on any atom is -0.483 e. The Kier molecular flexibility index (Phi) is 4.39. The number of carbonyl (C=O) groups is 1. The van der Waals surface area contributed by atoms with Crippen molar-refractivity contribution in [2.45, 2.75) is 19.1 Å². The minimum atomic E-state index is -0.261. The van der Waals surface area contributed by atoms with Crippen LogP contribution in [0.1, 0.15) is 17.2 Å². The smallest absolute Gasteiger partial charge is 0.246 e. The van der Waals surface area contributed by atoms with Gasteiger partial charge in [0.2, 0.25) is 5.91 Å². The second-order valence-corrected chi connectivity index (χ2v) is 5.37. The van der Waals surface area contributed by atoms with Gasteiger partial charge in [-0.3, -0.25) is 4.79 Å². The summed E-state index contributed by atoms with van der Waals surface area (Å²) < 4.78 is 11.9. The summed E-state index contributed by atoms with van der Waals surface area (Å²) in [6, 6.07) is 17.9. The molecule has 1 fully saturated rings. The van der Waals surface area contributed by atoms with E-state index in [2.05, 4.69) is 5.32 Å². The van der Waals surface area contributed by atoms with Gasteiger partial charge in [-0.25, -0.2) is 0 Å². The first-order valence-corrected chi connectivity index (χ1v) is 7.39. The van der Waals surface area contributed by atoms with Crippen LogP contribution in [0.4, 0.5) is 0 Å². The van der Waals surface area contributed by atoms with Crippen molar-refractivity contribution < 1.29 is 14.3 Å². The van der Waals surface area contributed by atoms with Crippen LogP contribution in [-0.2, 0) is 9.53 Å². The van der Waals surface area contributed by atoms with Crippen LogP contribution < -0.4 is 10.1 Å². The lowest BCUT2D eigenvalue weighted by Crippen LogP contribution is -2.46. The molecule has 0 unspecified atom stereocenters. The van der Waals surface area contributed by atoms with E-state index in [0.29, 0.717) is 6.54 Å². The largest absolute Gasteiger partial charge is 0.483 e. The summed E-state index contributed by atoms with van der Waals surface area (Å²) in [5, 5.41) is 2.84. The van der Waals surface area contributed by atoms with E-state index >= 15 is 0 Å². The van der Waals surface area contributed by atoms with Crippen molar-refractivity contribution in [3.63, 3.8) is 0 Å². The maximum Gasteiger partial charge on any atom is 0.246 e. The van der Waals surface area contributed by atoms with Crippen molar-refractivity contribution in [2.24, 2.45) is 0 Å². The average Bonchev–Trinajstić information content (AvgIpc) is 2.56. The number of hydrogen-bond donors (Lipinski definition) is 1. The maximum atomic E-state index is 11.3. The quantitative estimate of drug-likeness (QED) is 0.943. The summed E-state index contributed by atoms with van der Waals surface area (Å²) in [4.78, 5) is 11.3. The number of ether oxygens (including phenoxy) is 2. The van der Waals surface area contributed by atoms with E-state index in [1.807, 2.05) is 61.5 Å². The molecule has 3 rings (SSSR count). The molecule has 1 heterocycles. The molecule has 0 spiro atoms. The molecule has 2 aromatic carbocycles. The third-order valence-corrected chi connectivity index (χ3v) is 3.74. The number of benzene rings is 2. The number of hydrogen-bond acceptors (Lipinski definition) is 3. The molecule has 114 valence electrons. The maximum absolute atomic E-state index is 11.3. The Balaban J connectivity index is 1.86. The highest BCUT2D eigenvalue weighted by Crippen LogP contribution is 2.29. The SMILES string of the molecule is Cc1ccccc1O[C@@H](c1ccccc1)[C@@H]1CNC(=O)CO1. The van der Waals surface area contributed by atoms with Gasteiger partial charge in [-0.1, -0.05) is 48.5 Å². The molecule has 4 nitrogen and oxygen atoms in total. The molecule has 1 amide bonds. The highest BCUT2D eigenvalue weighted by molar-refractivity contribution is 5.77. The molecule has 0 saturated carbocycles. The summed E-state index contributed by atoms with van der Waals surface area (Å²) in [6.45, 7) is 2.54. The lowest BCUT2D eigenvalue weighted by Gasteiger charge is -2.31. The molecule has 2 atom stereocenters. The third kappa shape index (κ3) is 3.28. The molecule has 2 aromatic rings. The van der Waals surface area contributed by atoms with Crippen molar-refractivity contribution >= 4 is 5.91 Å². The number of aryl methyl sites for hydroxylation is 1. The lowest BCUT2D eigenvalue weighted by molar-refractivity contribution is -0.137. The topological polar surface area (TPSA) is 47.6 Å². The Hall–Kier alpha value is -2.33. The summed E-state index contributed by atoms with van der Waals surface area (Å²) in [5.41, 5.74) is 2.11. The Labute approximate surface area is 130 Å². The summed E-state index contributed by atoms with van der Waals surface area (Å²) in [5.74, 6) is 0.746. The van der Waals surface area contributed by atoms with Gasteiger partial charge in [0.05, 0.1) is 0 Å². The fourth-order valence-corrected chi connectivity index (χ4v) is 2.53. The number of rotatable bonds is 4. The first-order valence-electron chi connectivity index (χ1n) is 7.39. The Morgan fingerprint density at radius 2 is 1.86 bits per heavy atom. The van der Waals surface area contributed by atoms with Gasteiger partial charge in [-0.15, -0.1) is 0 Å². The standard InChI is InChI=1S/C18H19NO3/c1-13-7-5-6-10-15(13)22-18(14-8-3-2-4-9-14)16-11-19-17(20)12-21-16/h2-10,16,18H,11-12H2,1H3,(H,19,20)/t16-,18-/m0/s1. The number of nitrogens with one attached hydrogen (secondary N) is 1. The normalized spacial score (nSPS) is 19.3. The monoisotopic (exact) mass is 297 g/mol. The van der Waals surface area contributed by atoms with E-state index in [1.54, 1.807) is 0 Å². The average molecular weight is 297 g/mol. The molecule has 1 aliphatic rings. The zero-order valence-corrected chi connectivity index (χ0v) is 12.5. The predicted molar refractivity (Wildman–Crippen MR) is 83.7 cm³/mol. The van der Waals surface area contributed by atoms with Gasteiger partial charge in [-0.2, -0.15) is 0 Å². The third-order valence-electron chi connectivity index (χ3n) is 3.74. The van der Waals surface area contributed by atoms with Gasteiger partial charge in [0.15, 0.2) is 6.10 Å². The van der Waals surface area contributed by atoms with Crippen LogP contribution in [-0.4, -0.2) is 25.2 Å². The lowest BCUT2D eigenvalue weighted by atomic mass is 10.0. The van der Waals surface area contributed by atoms with Crippen LogP contribution in [0.2, 0.25) is 0 Å². The van der Waals surface area contributed by atoms with Crippen LogP contribution >= 0.6 is 0 Å². The second-order valence-electron chi connectivity index (χ2n) is 5.37. The molecule has 22 heavy (non-hydrogen) atoms. The number of amides is 1. The molecular weight excluding hydrogens is 278 g/mol. The summed E-state index contributed by atoms with van der Waals surface area (Å²) in [6.07, 6.45) is -0.470. The minimum absolute atomic E-state index is 0.0745. The molecule has 1 saturated heterocycles. The molecule has 0 aliphatic carbocycles. The van der Waals surface area contributed by atoms with Crippen molar-refractivity contribution in [3.05, 3.63) is 65.7 Å².